The predicted molar refractivity (Wildman–Crippen MR) is 90.4 cm³/mol. The molecule has 2 fully saturated rings. The number of rotatable bonds is 5. The molecule has 0 spiro atoms. The fourth-order valence-corrected chi connectivity index (χ4v) is 4.37. The Kier molecular flexibility index (Phi) is 4.90. The number of hydrogen-bond acceptors (Lipinski definition) is 5. The van der Waals surface area contributed by atoms with Gasteiger partial charge in [0.2, 0.25) is 5.91 Å². The van der Waals surface area contributed by atoms with Crippen molar-refractivity contribution in [2.45, 2.75) is 24.6 Å². The molecule has 6 heteroatoms. The molecule has 1 saturated heterocycles. The lowest BCUT2D eigenvalue weighted by Crippen LogP contribution is -2.38. The van der Waals surface area contributed by atoms with Gasteiger partial charge in [-0.2, -0.15) is 0 Å². The maximum Gasteiger partial charge on any atom is 0.226 e. The van der Waals surface area contributed by atoms with Crippen LogP contribution in [0.15, 0.2) is 12.1 Å². The van der Waals surface area contributed by atoms with E-state index in [4.69, 9.17) is 14.2 Å². The fourth-order valence-electron chi connectivity index (χ4n) is 3.09. The average Bonchev–Trinajstić information content (AvgIpc) is 3.01. The quantitative estimate of drug-likeness (QED) is 0.826. The molecular weight excluding hydrogens is 314 g/mol. The molecule has 1 aromatic carbocycles. The first-order valence-electron chi connectivity index (χ1n) is 7.91. The summed E-state index contributed by atoms with van der Waals surface area (Å²) in [5, 5.41) is -0.0159. The van der Waals surface area contributed by atoms with Crippen LogP contribution in [-0.4, -0.2) is 44.4 Å². The van der Waals surface area contributed by atoms with Gasteiger partial charge in [0.1, 0.15) is 11.1 Å². The summed E-state index contributed by atoms with van der Waals surface area (Å²) in [6.45, 7) is 0.794. The van der Waals surface area contributed by atoms with E-state index >= 15 is 0 Å². The van der Waals surface area contributed by atoms with Crippen molar-refractivity contribution in [3.05, 3.63) is 17.7 Å². The highest BCUT2D eigenvalue weighted by molar-refractivity contribution is 7.99. The van der Waals surface area contributed by atoms with Gasteiger partial charge in [-0.1, -0.05) is 6.42 Å². The van der Waals surface area contributed by atoms with Crippen LogP contribution in [0.4, 0.5) is 0 Å². The lowest BCUT2D eigenvalue weighted by atomic mass is 9.84. The molecule has 1 saturated carbocycles. The van der Waals surface area contributed by atoms with Crippen molar-refractivity contribution in [3.63, 3.8) is 0 Å². The van der Waals surface area contributed by atoms with Crippen LogP contribution in [-0.2, 0) is 4.79 Å². The Labute approximate surface area is 141 Å². The zero-order chi connectivity index (χ0) is 16.4. The minimum Gasteiger partial charge on any atom is -0.496 e. The Balaban J connectivity index is 1.93. The molecule has 2 aliphatic rings. The van der Waals surface area contributed by atoms with Crippen molar-refractivity contribution < 1.29 is 19.0 Å². The summed E-state index contributed by atoms with van der Waals surface area (Å²) in [4.78, 5) is 14.7. The van der Waals surface area contributed by atoms with E-state index in [1.165, 1.54) is 6.42 Å². The van der Waals surface area contributed by atoms with Gasteiger partial charge in [-0.25, -0.2) is 0 Å². The van der Waals surface area contributed by atoms with Crippen molar-refractivity contribution in [3.8, 4) is 17.2 Å². The molecular formula is C17H23NO4S. The van der Waals surface area contributed by atoms with E-state index in [1.54, 1.807) is 33.1 Å². The van der Waals surface area contributed by atoms with E-state index < -0.39 is 0 Å². The highest BCUT2D eigenvalue weighted by Crippen LogP contribution is 2.47. The van der Waals surface area contributed by atoms with E-state index in [-0.39, 0.29) is 17.2 Å². The van der Waals surface area contributed by atoms with E-state index in [9.17, 15) is 4.79 Å². The molecule has 1 aromatic rings. The van der Waals surface area contributed by atoms with Crippen molar-refractivity contribution >= 4 is 17.7 Å². The number of thioether (sulfide) groups is 1. The third-order valence-corrected chi connectivity index (χ3v) is 5.87. The molecule has 126 valence electrons. The first-order chi connectivity index (χ1) is 11.2. The molecule has 3 rings (SSSR count). The van der Waals surface area contributed by atoms with Gasteiger partial charge in [0.05, 0.1) is 21.3 Å². The maximum absolute atomic E-state index is 12.7. The molecule has 0 bridgehead atoms. The molecule has 1 unspecified atom stereocenters. The van der Waals surface area contributed by atoms with Gasteiger partial charge in [0.25, 0.3) is 0 Å². The summed E-state index contributed by atoms with van der Waals surface area (Å²) in [7, 11) is 4.86. The largest absolute Gasteiger partial charge is 0.496 e. The average molecular weight is 337 g/mol. The Morgan fingerprint density at radius 3 is 2.30 bits per heavy atom. The van der Waals surface area contributed by atoms with Crippen LogP contribution >= 0.6 is 11.8 Å². The summed E-state index contributed by atoms with van der Waals surface area (Å²) in [6, 6.07) is 3.76. The van der Waals surface area contributed by atoms with E-state index in [2.05, 4.69) is 0 Å². The molecule has 5 nitrogen and oxygen atoms in total. The zero-order valence-electron chi connectivity index (χ0n) is 13.8. The number of nitrogens with zero attached hydrogens (tertiary/aromatic N) is 1. The van der Waals surface area contributed by atoms with Gasteiger partial charge >= 0.3 is 0 Å². The third-order valence-electron chi connectivity index (χ3n) is 4.63. The van der Waals surface area contributed by atoms with Crippen molar-refractivity contribution in [2.75, 3.05) is 33.6 Å². The molecule has 1 atom stereocenters. The summed E-state index contributed by atoms with van der Waals surface area (Å²) < 4.78 is 16.3. The molecule has 1 aliphatic carbocycles. The van der Waals surface area contributed by atoms with Crippen LogP contribution in [0.3, 0.4) is 0 Å². The molecule has 1 heterocycles. The number of ether oxygens (including phenoxy) is 3. The van der Waals surface area contributed by atoms with Crippen molar-refractivity contribution in [2.24, 2.45) is 5.92 Å². The van der Waals surface area contributed by atoms with Crippen LogP contribution in [0.2, 0.25) is 0 Å². The van der Waals surface area contributed by atoms with Gasteiger partial charge in [0.15, 0.2) is 11.5 Å². The Bertz CT molecular complexity index is 588. The van der Waals surface area contributed by atoms with Crippen LogP contribution in [0, 0.1) is 5.92 Å². The monoisotopic (exact) mass is 337 g/mol. The Morgan fingerprint density at radius 2 is 1.74 bits per heavy atom. The number of hydrogen-bond donors (Lipinski definition) is 0. The Morgan fingerprint density at radius 1 is 1.09 bits per heavy atom. The van der Waals surface area contributed by atoms with Crippen LogP contribution in [0.5, 0.6) is 17.2 Å². The standard InChI is InChI=1S/C17H23NO4S/c1-20-13-10-15(22-3)14(21-2)9-12(13)17-18(7-8-23-17)16(19)11-5-4-6-11/h9-11,17H,4-8H2,1-3H3. The molecule has 1 amide bonds. The van der Waals surface area contributed by atoms with Gasteiger partial charge in [-0.3, -0.25) is 4.79 Å². The first-order valence-corrected chi connectivity index (χ1v) is 8.96. The Hall–Kier alpha value is -1.56. The second kappa shape index (κ2) is 6.91. The second-order valence-electron chi connectivity index (χ2n) is 5.83. The van der Waals surface area contributed by atoms with Gasteiger partial charge < -0.3 is 19.1 Å². The predicted octanol–water partition coefficient (Wildman–Crippen LogP) is 3.09. The lowest BCUT2D eigenvalue weighted by molar-refractivity contribution is -0.138. The molecule has 0 aromatic heterocycles. The van der Waals surface area contributed by atoms with Crippen molar-refractivity contribution in [1.82, 2.24) is 4.90 Å². The summed E-state index contributed by atoms with van der Waals surface area (Å²) in [5.41, 5.74) is 0.973. The SMILES string of the molecule is COc1cc(OC)c(C2SCCN2C(=O)C2CCC2)cc1OC. The second-order valence-corrected chi connectivity index (χ2v) is 7.02. The minimum absolute atomic E-state index is 0.0159. The third kappa shape index (κ3) is 2.96. The molecule has 1 aliphatic heterocycles. The number of methoxy groups -OCH3 is 3. The summed E-state index contributed by atoms with van der Waals surface area (Å²) in [6.07, 6.45) is 3.22. The van der Waals surface area contributed by atoms with E-state index in [1.807, 2.05) is 17.0 Å². The fraction of sp³-hybridized carbons (Fsp3) is 0.588. The van der Waals surface area contributed by atoms with E-state index in [0.29, 0.717) is 11.5 Å². The topological polar surface area (TPSA) is 48.0 Å². The normalized spacial score (nSPS) is 21.0. The van der Waals surface area contributed by atoms with E-state index in [0.717, 1.165) is 36.5 Å². The van der Waals surface area contributed by atoms with Gasteiger partial charge in [-0.05, 0) is 18.9 Å². The zero-order valence-corrected chi connectivity index (χ0v) is 14.6. The van der Waals surface area contributed by atoms with Crippen LogP contribution in [0.25, 0.3) is 0 Å². The van der Waals surface area contributed by atoms with Gasteiger partial charge in [0, 0.05) is 29.8 Å². The van der Waals surface area contributed by atoms with Crippen LogP contribution < -0.4 is 14.2 Å². The number of carbonyl (C=O) groups excluding carboxylic acids is 1. The highest BCUT2D eigenvalue weighted by atomic mass is 32.2. The highest BCUT2D eigenvalue weighted by Gasteiger charge is 2.38. The van der Waals surface area contributed by atoms with Crippen LogP contribution in [0.1, 0.15) is 30.2 Å². The maximum atomic E-state index is 12.7. The number of benzene rings is 1. The molecule has 0 N–H and O–H groups in total. The number of carbonyl (C=O) groups is 1. The summed E-state index contributed by atoms with van der Waals surface area (Å²) >= 11 is 1.77. The lowest BCUT2D eigenvalue weighted by Gasteiger charge is -2.33. The summed E-state index contributed by atoms with van der Waals surface area (Å²) in [5.74, 6) is 3.46. The van der Waals surface area contributed by atoms with Gasteiger partial charge in [-0.15, -0.1) is 11.8 Å². The van der Waals surface area contributed by atoms with Crippen molar-refractivity contribution in [1.29, 1.82) is 0 Å². The smallest absolute Gasteiger partial charge is 0.226 e. The molecule has 23 heavy (non-hydrogen) atoms. The molecule has 0 radical (unpaired) electrons. The minimum atomic E-state index is -0.0159. The number of amides is 1. The first kappa shape index (κ1) is 16.3.